The minimum absolute atomic E-state index is 0.0705. The molecule has 194 valence electrons. The minimum Gasteiger partial charge on any atom is -0.494 e. The molecule has 1 saturated carbocycles. The highest BCUT2D eigenvalue weighted by Gasteiger charge is 2.50. The molecule has 3 fully saturated rings. The average molecular weight is 505 g/mol. The number of aryl methyl sites for hydroxylation is 1. The first-order chi connectivity index (χ1) is 17.8. The lowest BCUT2D eigenvalue weighted by Gasteiger charge is -2.25. The van der Waals surface area contributed by atoms with Gasteiger partial charge in [0.15, 0.2) is 0 Å². The lowest BCUT2D eigenvalue weighted by atomic mass is 9.76. The molecule has 5 rings (SSSR count). The Morgan fingerprint density at radius 1 is 0.973 bits per heavy atom. The van der Waals surface area contributed by atoms with E-state index in [1.165, 1.54) is 4.90 Å². The predicted octanol–water partition coefficient (Wildman–Crippen LogP) is 4.28. The van der Waals surface area contributed by atoms with E-state index in [1.54, 1.807) is 54.3 Å². The lowest BCUT2D eigenvalue weighted by molar-refractivity contribution is -0.139. The Kier molecular flexibility index (Phi) is 6.75. The number of amides is 3. The topological polar surface area (TPSA) is 93.2 Å². The number of carbonyl (C=O) groups excluding carboxylic acids is 4. The summed E-state index contributed by atoms with van der Waals surface area (Å²) in [7, 11) is 0. The van der Waals surface area contributed by atoms with E-state index in [9.17, 15) is 19.2 Å². The summed E-state index contributed by atoms with van der Waals surface area (Å²) in [4.78, 5) is 54.5. The number of nitrogens with zero attached hydrogens (tertiary/aromatic N) is 2. The van der Waals surface area contributed by atoms with E-state index in [-0.39, 0.29) is 42.5 Å². The van der Waals surface area contributed by atoms with Crippen molar-refractivity contribution in [1.82, 2.24) is 0 Å². The van der Waals surface area contributed by atoms with Gasteiger partial charge in [0.2, 0.25) is 17.7 Å². The zero-order valence-electron chi connectivity index (χ0n) is 21.4. The number of anilines is 2. The van der Waals surface area contributed by atoms with Crippen LogP contribution in [0.4, 0.5) is 11.4 Å². The second kappa shape index (κ2) is 10.00. The van der Waals surface area contributed by atoms with E-state index >= 15 is 0 Å². The average Bonchev–Trinajstić information content (AvgIpc) is 3.37. The molecule has 2 aromatic carbocycles. The molecule has 2 aliphatic heterocycles. The summed E-state index contributed by atoms with van der Waals surface area (Å²) in [5, 5.41) is 0. The zero-order chi connectivity index (χ0) is 26.3. The van der Waals surface area contributed by atoms with Crippen molar-refractivity contribution >= 4 is 35.1 Å². The smallest absolute Gasteiger partial charge is 0.316 e. The van der Waals surface area contributed by atoms with Crippen molar-refractivity contribution in [3.8, 4) is 11.5 Å². The Morgan fingerprint density at radius 3 is 2.38 bits per heavy atom. The highest BCUT2D eigenvalue weighted by atomic mass is 16.5. The summed E-state index contributed by atoms with van der Waals surface area (Å²) in [6, 6.07) is 12.1. The molecule has 0 spiro atoms. The number of esters is 1. The minimum atomic E-state index is -0.592. The Balaban J connectivity index is 1.25. The molecule has 0 aromatic heterocycles. The van der Waals surface area contributed by atoms with Gasteiger partial charge < -0.3 is 14.4 Å². The summed E-state index contributed by atoms with van der Waals surface area (Å²) in [6.07, 6.45) is 2.52. The van der Waals surface area contributed by atoms with Crippen LogP contribution < -0.4 is 19.3 Å². The maximum absolute atomic E-state index is 13.1. The summed E-state index contributed by atoms with van der Waals surface area (Å²) in [6.45, 7) is 6.62. The molecule has 0 bridgehead atoms. The summed E-state index contributed by atoms with van der Waals surface area (Å²) in [5.41, 5.74) is 1.92. The Morgan fingerprint density at radius 2 is 1.68 bits per heavy atom. The van der Waals surface area contributed by atoms with Crippen molar-refractivity contribution in [2.45, 2.75) is 46.5 Å². The number of fused-ring (bicyclic) bond motifs is 1. The molecule has 2 heterocycles. The van der Waals surface area contributed by atoms with E-state index < -0.39 is 11.9 Å². The van der Waals surface area contributed by atoms with Gasteiger partial charge in [0.25, 0.3) is 0 Å². The number of ether oxygens (including phenoxy) is 2. The highest BCUT2D eigenvalue weighted by Crippen LogP contribution is 2.43. The molecule has 8 nitrogen and oxygen atoms in total. The third-order valence-electron chi connectivity index (χ3n) is 7.73. The molecule has 37 heavy (non-hydrogen) atoms. The lowest BCUT2D eigenvalue weighted by Crippen LogP contribution is -2.31. The SMILES string of the molecule is CCOc1ccc(N2C[C@H](C(=O)Oc3ccc(N4C(=O)[C@@H]5CC[C@@H](C)C[C@H]5C4=O)c(C)c3)CC2=O)cc1. The number of benzene rings is 2. The van der Waals surface area contributed by atoms with Gasteiger partial charge in [-0.05, 0) is 87.1 Å². The van der Waals surface area contributed by atoms with Crippen molar-refractivity contribution in [2.24, 2.45) is 23.7 Å². The van der Waals surface area contributed by atoms with Crippen molar-refractivity contribution in [3.05, 3.63) is 48.0 Å². The van der Waals surface area contributed by atoms with Crippen LogP contribution in [0, 0.1) is 30.6 Å². The molecular weight excluding hydrogens is 472 g/mol. The molecule has 0 unspecified atom stereocenters. The number of imide groups is 1. The van der Waals surface area contributed by atoms with E-state index in [1.807, 2.05) is 6.92 Å². The molecule has 4 atom stereocenters. The first kappa shape index (κ1) is 25.0. The first-order valence-electron chi connectivity index (χ1n) is 13.0. The molecular formula is C29H32N2O6. The van der Waals surface area contributed by atoms with Crippen LogP contribution in [-0.2, 0) is 19.2 Å². The maximum atomic E-state index is 13.1. The Labute approximate surface area is 216 Å². The molecule has 3 amide bonds. The first-order valence-corrected chi connectivity index (χ1v) is 13.0. The van der Waals surface area contributed by atoms with Crippen molar-refractivity contribution in [2.75, 3.05) is 23.0 Å². The van der Waals surface area contributed by atoms with Crippen molar-refractivity contribution in [1.29, 1.82) is 0 Å². The molecule has 0 radical (unpaired) electrons. The van der Waals surface area contributed by atoms with Crippen LogP contribution in [0.15, 0.2) is 42.5 Å². The van der Waals surface area contributed by atoms with Crippen molar-refractivity contribution in [3.63, 3.8) is 0 Å². The van der Waals surface area contributed by atoms with Gasteiger partial charge in [-0.1, -0.05) is 6.92 Å². The molecule has 2 saturated heterocycles. The van der Waals surface area contributed by atoms with Gasteiger partial charge in [0.05, 0.1) is 30.0 Å². The van der Waals surface area contributed by atoms with Crippen LogP contribution in [0.1, 0.15) is 45.1 Å². The fourth-order valence-corrected chi connectivity index (χ4v) is 5.77. The second-order valence-electron chi connectivity index (χ2n) is 10.3. The van der Waals surface area contributed by atoms with E-state index in [2.05, 4.69) is 6.92 Å². The number of carbonyl (C=O) groups is 4. The van der Waals surface area contributed by atoms with E-state index in [4.69, 9.17) is 9.47 Å². The molecule has 2 aromatic rings. The molecule has 8 heteroatoms. The van der Waals surface area contributed by atoms with Crippen LogP contribution in [-0.4, -0.2) is 36.8 Å². The van der Waals surface area contributed by atoms with Gasteiger partial charge in [-0.3, -0.25) is 19.2 Å². The normalized spacial score (nSPS) is 25.4. The summed E-state index contributed by atoms with van der Waals surface area (Å²) < 4.78 is 11.1. The fraction of sp³-hybridized carbons (Fsp3) is 0.448. The number of rotatable bonds is 6. The second-order valence-corrected chi connectivity index (χ2v) is 10.3. The van der Waals surface area contributed by atoms with Gasteiger partial charge in [-0.25, -0.2) is 4.90 Å². The van der Waals surface area contributed by atoms with Gasteiger partial charge in [0.1, 0.15) is 11.5 Å². The summed E-state index contributed by atoms with van der Waals surface area (Å²) >= 11 is 0. The van der Waals surface area contributed by atoms with Crippen LogP contribution in [0.25, 0.3) is 0 Å². The largest absolute Gasteiger partial charge is 0.494 e. The quantitative estimate of drug-likeness (QED) is 0.331. The van der Waals surface area contributed by atoms with Gasteiger partial charge >= 0.3 is 5.97 Å². The van der Waals surface area contributed by atoms with Gasteiger partial charge in [-0.15, -0.1) is 0 Å². The third kappa shape index (κ3) is 4.72. The molecule has 1 aliphatic carbocycles. The monoisotopic (exact) mass is 504 g/mol. The van der Waals surface area contributed by atoms with Crippen LogP contribution >= 0.6 is 0 Å². The standard InChI is InChI=1S/C29H32N2O6/c1-4-36-21-8-6-20(7-9-21)30-16-19(15-26(30)32)29(35)37-22-10-12-25(18(3)14-22)31-27(33)23-11-5-17(2)13-24(23)28(31)34/h6-10,12,14,17,19,23-24H,4-5,11,13,15-16H2,1-3H3/t17-,19-,23-,24-/m1/s1. The Hall–Kier alpha value is -3.68. The van der Waals surface area contributed by atoms with E-state index in [0.717, 1.165) is 25.0 Å². The highest BCUT2D eigenvalue weighted by molar-refractivity contribution is 6.22. The Bertz CT molecular complexity index is 1240. The number of hydrogen-bond donors (Lipinski definition) is 0. The third-order valence-corrected chi connectivity index (χ3v) is 7.73. The molecule has 0 N–H and O–H groups in total. The van der Waals surface area contributed by atoms with Crippen LogP contribution in [0.2, 0.25) is 0 Å². The fourth-order valence-electron chi connectivity index (χ4n) is 5.77. The van der Waals surface area contributed by atoms with Crippen molar-refractivity contribution < 1.29 is 28.7 Å². The zero-order valence-corrected chi connectivity index (χ0v) is 21.4. The molecule has 3 aliphatic rings. The van der Waals surface area contributed by atoms with Crippen LogP contribution in [0.5, 0.6) is 11.5 Å². The van der Waals surface area contributed by atoms with E-state index in [0.29, 0.717) is 35.2 Å². The number of hydrogen-bond acceptors (Lipinski definition) is 6. The van der Waals surface area contributed by atoms with Crippen LogP contribution in [0.3, 0.4) is 0 Å². The van der Waals surface area contributed by atoms with Gasteiger partial charge in [-0.2, -0.15) is 0 Å². The summed E-state index contributed by atoms with van der Waals surface area (Å²) in [5.74, 6) is -0.477. The van der Waals surface area contributed by atoms with Gasteiger partial charge in [0, 0.05) is 18.7 Å². The maximum Gasteiger partial charge on any atom is 0.316 e. The predicted molar refractivity (Wildman–Crippen MR) is 137 cm³/mol.